The molecule has 12 heteroatoms. The minimum absolute atomic E-state index is 0. The van der Waals surface area contributed by atoms with Gasteiger partial charge in [0, 0.05) is 0 Å². The van der Waals surface area contributed by atoms with Crippen molar-refractivity contribution < 1.29 is 47.3 Å². The van der Waals surface area contributed by atoms with Crippen LogP contribution in [0.5, 0.6) is 0 Å². The fourth-order valence-corrected chi connectivity index (χ4v) is 1.25. The summed E-state index contributed by atoms with van der Waals surface area (Å²) in [6, 6.07) is 0. The Balaban J connectivity index is 0. The van der Waals surface area contributed by atoms with Crippen molar-refractivity contribution in [2.45, 2.75) is 11.7 Å². The van der Waals surface area contributed by atoms with Gasteiger partial charge in [-0.1, -0.05) is 0 Å². The molecule has 0 aromatic rings. The van der Waals surface area contributed by atoms with E-state index in [0.717, 1.165) is 0 Å². The average molecular weight is 314 g/mol. The van der Waals surface area contributed by atoms with Crippen LogP contribution in [0.15, 0.2) is 0 Å². The average Bonchev–Trinajstić information content (AvgIpc) is 2.11. The molecule has 0 aliphatic rings. The van der Waals surface area contributed by atoms with Crippen LogP contribution >= 0.6 is 0 Å². The van der Waals surface area contributed by atoms with Gasteiger partial charge in [0.15, 0.2) is 11.9 Å². The Morgan fingerprint density at radius 3 is 2.00 bits per heavy atom. The Hall–Kier alpha value is -0.460. The molecule has 1 atom stereocenters. The van der Waals surface area contributed by atoms with Gasteiger partial charge in [-0.3, -0.25) is 14.2 Å². The second kappa shape index (κ2) is 8.61. The molecule has 0 rings (SSSR count). The molecular formula is C6H10CaO10S. The Bertz CT molecular complexity index is 414. The number of carboxylic acids is 2. The first-order valence-electron chi connectivity index (χ1n) is 3.87. The number of rotatable bonds is 7. The zero-order valence-electron chi connectivity index (χ0n) is 8.10. The van der Waals surface area contributed by atoms with Crippen molar-refractivity contribution in [2.75, 3.05) is 6.61 Å². The van der Waals surface area contributed by atoms with Gasteiger partial charge in [0.1, 0.15) is 0 Å². The van der Waals surface area contributed by atoms with Crippen molar-refractivity contribution in [3.63, 3.8) is 0 Å². The van der Waals surface area contributed by atoms with E-state index in [1.54, 1.807) is 0 Å². The second-order valence-electron chi connectivity index (χ2n) is 2.66. The van der Waals surface area contributed by atoms with Gasteiger partial charge in [-0.2, -0.15) is 13.3 Å². The van der Waals surface area contributed by atoms with Gasteiger partial charge in [-0.05, 0) is 0 Å². The normalized spacial score (nSPS) is 12.1. The van der Waals surface area contributed by atoms with E-state index >= 15 is 0 Å². The van der Waals surface area contributed by atoms with Crippen molar-refractivity contribution in [3.05, 3.63) is 0 Å². The molecule has 0 aromatic heterocycles. The molecule has 0 fully saturated rings. The van der Waals surface area contributed by atoms with Gasteiger partial charge >= 0.3 is 55.6 Å². The molecule has 10 nitrogen and oxygen atoms in total. The summed E-state index contributed by atoms with van der Waals surface area (Å²) < 4.78 is 29.5. The van der Waals surface area contributed by atoms with Crippen molar-refractivity contribution in [2.24, 2.45) is 0 Å². The minimum atomic E-state index is -4.97. The van der Waals surface area contributed by atoms with Crippen LogP contribution in [-0.4, -0.2) is 90.7 Å². The van der Waals surface area contributed by atoms with Crippen LogP contribution in [0.2, 0.25) is 0 Å². The van der Waals surface area contributed by atoms with Crippen molar-refractivity contribution >= 4 is 65.8 Å². The fraction of sp³-hybridized carbons (Fsp3) is 0.500. The van der Waals surface area contributed by atoms with E-state index in [4.69, 9.17) is 14.8 Å². The molecular weight excluding hydrogens is 304 g/mol. The number of carboxylic acid groups (broad SMARTS) is 2. The van der Waals surface area contributed by atoms with E-state index in [-0.39, 0.29) is 37.7 Å². The molecule has 1 unspecified atom stereocenters. The predicted octanol–water partition coefficient (Wildman–Crippen LogP) is -2.64. The monoisotopic (exact) mass is 314 g/mol. The molecule has 3 N–H and O–H groups in total. The second-order valence-corrected chi connectivity index (χ2v) is 4.26. The van der Waals surface area contributed by atoms with Crippen molar-refractivity contribution in [3.8, 4) is 0 Å². The molecule has 0 spiro atoms. The van der Waals surface area contributed by atoms with Crippen LogP contribution in [0.3, 0.4) is 0 Å². The third-order valence-corrected chi connectivity index (χ3v) is 2.41. The fourth-order valence-electron chi connectivity index (χ4n) is 0.651. The zero-order chi connectivity index (χ0) is 13.6. The molecule has 18 heavy (non-hydrogen) atoms. The summed E-state index contributed by atoms with van der Waals surface area (Å²) in [6.07, 6.45) is -1.21. The van der Waals surface area contributed by atoms with E-state index in [1.807, 2.05) is 0 Å². The van der Waals surface area contributed by atoms with Gasteiger partial charge in [-0.15, -0.1) is 0 Å². The topological polar surface area (TPSA) is 164 Å². The Morgan fingerprint density at radius 1 is 1.17 bits per heavy atom. The first-order valence-corrected chi connectivity index (χ1v) is 5.38. The summed E-state index contributed by atoms with van der Waals surface area (Å²) in [4.78, 5) is 38.7. The van der Waals surface area contributed by atoms with E-state index < -0.39 is 46.3 Å². The summed E-state index contributed by atoms with van der Waals surface area (Å²) in [5, 5.41) is 14.1. The Kier molecular flexibility index (Phi) is 9.50. The van der Waals surface area contributed by atoms with Gasteiger partial charge in [0.05, 0.1) is 6.42 Å². The molecule has 102 valence electrons. The number of hydrogen-bond acceptors (Lipinski definition) is 7. The van der Waals surface area contributed by atoms with Crippen molar-refractivity contribution in [1.82, 2.24) is 0 Å². The van der Waals surface area contributed by atoms with E-state index in [0.29, 0.717) is 0 Å². The van der Waals surface area contributed by atoms with Gasteiger partial charge in [0.2, 0.25) is 0 Å². The first-order chi connectivity index (χ1) is 7.64. The van der Waals surface area contributed by atoms with Crippen LogP contribution < -0.4 is 0 Å². The zero-order valence-corrected chi connectivity index (χ0v) is 8.92. The van der Waals surface area contributed by atoms with Gasteiger partial charge < -0.3 is 10.2 Å². The van der Waals surface area contributed by atoms with Crippen LogP contribution in [0.25, 0.3) is 0 Å². The molecule has 0 aliphatic carbocycles. The molecule has 0 aromatic carbocycles. The number of carbonyl (C=O) groups is 3. The Labute approximate surface area is 131 Å². The summed E-state index contributed by atoms with van der Waals surface area (Å²) in [7, 11) is -4.97. The summed E-state index contributed by atoms with van der Waals surface area (Å²) in [5.41, 5.74) is 0. The number of carbonyl (C=O) groups excluding carboxylic acids is 1. The van der Waals surface area contributed by atoms with E-state index in [9.17, 15) is 22.8 Å². The Morgan fingerprint density at radius 2 is 1.67 bits per heavy atom. The molecule has 0 saturated heterocycles. The number of aliphatic carboxylic acids is 2. The number of hydrogen-bond donors (Lipinski definition) is 3. The van der Waals surface area contributed by atoms with Crippen LogP contribution in [0.4, 0.5) is 0 Å². The van der Waals surface area contributed by atoms with E-state index in [1.165, 1.54) is 0 Å². The third kappa shape index (κ3) is 8.60. The quantitative estimate of drug-likeness (QED) is 0.196. The third-order valence-electron chi connectivity index (χ3n) is 1.32. The molecule has 0 aliphatic heterocycles. The van der Waals surface area contributed by atoms with Gasteiger partial charge in [0.25, 0.3) is 10.1 Å². The maximum atomic E-state index is 10.8. The summed E-state index contributed by atoms with van der Waals surface area (Å²) in [5.74, 6) is -4.86. The van der Waals surface area contributed by atoms with Crippen molar-refractivity contribution in [1.29, 1.82) is 0 Å². The SMILES string of the molecule is O=C(O)COOC(=O)CC(C(=O)O)S(=O)(=O)O.[CaH2]. The van der Waals surface area contributed by atoms with Crippen LogP contribution in [-0.2, 0) is 34.3 Å². The molecule has 0 saturated carbocycles. The summed E-state index contributed by atoms with van der Waals surface area (Å²) >= 11 is 0. The van der Waals surface area contributed by atoms with E-state index in [2.05, 4.69) is 9.78 Å². The molecule has 0 bridgehead atoms. The van der Waals surface area contributed by atoms with Crippen LogP contribution in [0, 0.1) is 0 Å². The predicted molar refractivity (Wildman–Crippen MR) is 55.8 cm³/mol. The molecule has 0 amide bonds. The molecule has 0 heterocycles. The molecule has 0 radical (unpaired) electrons. The van der Waals surface area contributed by atoms with Crippen LogP contribution in [0.1, 0.15) is 6.42 Å². The van der Waals surface area contributed by atoms with Gasteiger partial charge in [-0.25, -0.2) is 9.59 Å². The summed E-state index contributed by atoms with van der Waals surface area (Å²) in [6.45, 7) is -0.991. The maximum absolute atomic E-state index is 10.8. The first kappa shape index (κ1) is 19.9. The standard InChI is InChI=1S/C6H8O10S.Ca.2H/c7-4(8)2-15-16-5(9)1-3(6(10)11)17(12,13)14;;;/h3H,1-2H2,(H,7,8)(H,10,11)(H,12,13,14);;;.